The summed E-state index contributed by atoms with van der Waals surface area (Å²) in [6, 6.07) is 12.1. The van der Waals surface area contributed by atoms with Crippen LogP contribution in [0.1, 0.15) is 58.9 Å². The molecule has 3 fully saturated rings. The Balaban J connectivity index is 1.33. The average molecular weight is 524 g/mol. The maximum Gasteiger partial charge on any atom is 0.256 e. The van der Waals surface area contributed by atoms with Crippen LogP contribution in [0.4, 0.5) is 4.39 Å². The van der Waals surface area contributed by atoms with Gasteiger partial charge in [-0.2, -0.15) is 0 Å². The number of benzene rings is 2. The van der Waals surface area contributed by atoms with E-state index in [1.54, 1.807) is 4.90 Å². The van der Waals surface area contributed by atoms with Gasteiger partial charge in [0.05, 0.1) is 12.7 Å². The lowest BCUT2D eigenvalue weighted by molar-refractivity contribution is -0.128. The van der Waals surface area contributed by atoms with Gasteiger partial charge >= 0.3 is 0 Å². The van der Waals surface area contributed by atoms with Gasteiger partial charge in [-0.25, -0.2) is 4.39 Å². The van der Waals surface area contributed by atoms with Crippen LogP contribution in [0, 0.1) is 5.82 Å². The second-order valence-electron chi connectivity index (χ2n) is 10.2. The highest BCUT2D eigenvalue weighted by Crippen LogP contribution is 2.39. The highest BCUT2D eigenvalue weighted by atomic mass is 19.1. The first-order valence-electron chi connectivity index (χ1n) is 13.4. The van der Waals surface area contributed by atoms with Gasteiger partial charge in [0.25, 0.3) is 11.8 Å². The number of rotatable bonds is 6. The molecule has 38 heavy (non-hydrogen) atoms. The first-order chi connectivity index (χ1) is 18.4. The van der Waals surface area contributed by atoms with Gasteiger partial charge in [0, 0.05) is 50.2 Å². The van der Waals surface area contributed by atoms with Gasteiger partial charge in [0.15, 0.2) is 0 Å². The van der Waals surface area contributed by atoms with Crippen molar-refractivity contribution >= 4 is 17.7 Å². The summed E-state index contributed by atoms with van der Waals surface area (Å²) in [6.45, 7) is 3.94. The molecule has 0 aromatic heterocycles. The molecule has 2 unspecified atom stereocenters. The molecule has 5 rings (SSSR count). The van der Waals surface area contributed by atoms with Crippen molar-refractivity contribution in [2.45, 2.75) is 56.9 Å². The molecule has 1 N–H and O–H groups in total. The van der Waals surface area contributed by atoms with Gasteiger partial charge in [0.1, 0.15) is 17.6 Å². The first-order valence-corrected chi connectivity index (χ1v) is 13.4. The molecule has 0 saturated carbocycles. The number of nitrogens with zero attached hydrogens (tertiary/aromatic N) is 2. The minimum atomic E-state index is -1.03. The van der Waals surface area contributed by atoms with Crippen molar-refractivity contribution in [3.8, 4) is 0 Å². The summed E-state index contributed by atoms with van der Waals surface area (Å²) in [6.07, 6.45) is 3.45. The summed E-state index contributed by atoms with van der Waals surface area (Å²) in [7, 11) is 0. The fourth-order valence-corrected chi connectivity index (χ4v) is 5.56. The lowest BCUT2D eigenvalue weighted by Crippen LogP contribution is -2.60. The molecule has 9 heteroatoms. The van der Waals surface area contributed by atoms with Gasteiger partial charge in [-0.15, -0.1) is 0 Å². The lowest BCUT2D eigenvalue weighted by atomic mass is 9.96. The van der Waals surface area contributed by atoms with Gasteiger partial charge < -0.3 is 19.7 Å². The smallest absolute Gasteiger partial charge is 0.256 e. The predicted molar refractivity (Wildman–Crippen MR) is 138 cm³/mol. The van der Waals surface area contributed by atoms with E-state index in [0.29, 0.717) is 44.6 Å². The number of likely N-dealkylation sites (tertiary alicyclic amines) is 1. The van der Waals surface area contributed by atoms with Crippen molar-refractivity contribution < 1.29 is 28.2 Å². The maximum absolute atomic E-state index is 13.7. The number of piperidine rings is 1. The SMILES string of the molecule is CCc1ccc(C(=O)N2CCC3(CC2)OCC(C(=O)NCC2CCCO2)N3C(=O)c2ccc(F)cc2)cc1. The molecule has 3 heterocycles. The van der Waals surface area contributed by atoms with Crippen molar-refractivity contribution in [2.75, 3.05) is 32.8 Å². The number of nitrogens with one attached hydrogen (secondary N) is 1. The zero-order valence-electron chi connectivity index (χ0n) is 21.7. The zero-order chi connectivity index (χ0) is 26.7. The van der Waals surface area contributed by atoms with Crippen LogP contribution in [0.2, 0.25) is 0 Å². The number of ether oxygens (including phenoxy) is 2. The molecule has 202 valence electrons. The fourth-order valence-electron chi connectivity index (χ4n) is 5.56. The van der Waals surface area contributed by atoms with E-state index in [2.05, 4.69) is 12.2 Å². The largest absolute Gasteiger partial charge is 0.376 e. The maximum atomic E-state index is 13.7. The molecular weight excluding hydrogens is 489 g/mol. The molecule has 3 aliphatic rings. The minimum absolute atomic E-state index is 0.0304. The monoisotopic (exact) mass is 523 g/mol. The molecule has 0 radical (unpaired) electrons. The van der Waals surface area contributed by atoms with Crippen LogP contribution in [0.15, 0.2) is 48.5 Å². The van der Waals surface area contributed by atoms with Gasteiger partial charge in [0.2, 0.25) is 5.91 Å². The molecule has 2 aromatic rings. The Morgan fingerprint density at radius 3 is 2.29 bits per heavy atom. The Kier molecular flexibility index (Phi) is 7.76. The summed E-state index contributed by atoms with van der Waals surface area (Å²) in [5.41, 5.74) is 1.04. The molecule has 1 spiro atoms. The molecule has 2 aromatic carbocycles. The number of hydrogen-bond acceptors (Lipinski definition) is 5. The van der Waals surface area contributed by atoms with Crippen molar-refractivity contribution in [3.05, 3.63) is 71.0 Å². The number of aryl methyl sites for hydroxylation is 1. The van der Waals surface area contributed by atoms with Crippen molar-refractivity contribution in [1.82, 2.24) is 15.1 Å². The Bertz CT molecular complexity index is 1160. The van der Waals surface area contributed by atoms with E-state index >= 15 is 0 Å². The standard InChI is InChI=1S/C29H34FN3O5/c1-2-20-5-7-21(8-6-20)27(35)32-15-13-29(14-16-32)33(28(36)22-9-11-23(30)12-10-22)25(19-38-29)26(34)31-18-24-4-3-17-37-24/h5-12,24-25H,2-4,13-19H2,1H3,(H,31,34). The average Bonchev–Trinajstić information content (AvgIpc) is 3.60. The third-order valence-corrected chi connectivity index (χ3v) is 7.84. The topological polar surface area (TPSA) is 88.2 Å². The van der Waals surface area contributed by atoms with Crippen LogP contribution >= 0.6 is 0 Å². The quantitative estimate of drug-likeness (QED) is 0.629. The summed E-state index contributed by atoms with van der Waals surface area (Å²) >= 11 is 0. The van der Waals surface area contributed by atoms with Crippen LogP contribution in [-0.2, 0) is 20.7 Å². The van der Waals surface area contributed by atoms with Crippen molar-refractivity contribution in [2.24, 2.45) is 0 Å². The van der Waals surface area contributed by atoms with Crippen LogP contribution in [0.25, 0.3) is 0 Å². The van der Waals surface area contributed by atoms with Crippen LogP contribution in [0.5, 0.6) is 0 Å². The van der Waals surface area contributed by atoms with E-state index in [1.165, 1.54) is 29.2 Å². The van der Waals surface area contributed by atoms with E-state index in [0.717, 1.165) is 24.8 Å². The molecular formula is C29H34FN3O5. The number of hydrogen-bond donors (Lipinski definition) is 1. The zero-order valence-corrected chi connectivity index (χ0v) is 21.7. The van der Waals surface area contributed by atoms with Gasteiger partial charge in [-0.1, -0.05) is 19.1 Å². The molecule has 3 saturated heterocycles. The minimum Gasteiger partial charge on any atom is -0.376 e. The molecule has 8 nitrogen and oxygen atoms in total. The number of amides is 3. The third kappa shape index (κ3) is 5.31. The normalized spacial score (nSPS) is 22.6. The lowest BCUT2D eigenvalue weighted by Gasteiger charge is -2.44. The molecule has 0 aliphatic carbocycles. The number of carbonyl (C=O) groups is 3. The molecule has 3 aliphatic heterocycles. The van der Waals surface area contributed by atoms with Crippen molar-refractivity contribution in [3.63, 3.8) is 0 Å². The second kappa shape index (κ2) is 11.2. The number of carbonyl (C=O) groups excluding carboxylic acids is 3. The molecule has 3 amide bonds. The van der Waals surface area contributed by atoms with E-state index in [9.17, 15) is 18.8 Å². The molecule has 0 bridgehead atoms. The highest BCUT2D eigenvalue weighted by Gasteiger charge is 2.54. The Morgan fingerprint density at radius 1 is 1.00 bits per heavy atom. The van der Waals surface area contributed by atoms with Crippen molar-refractivity contribution in [1.29, 1.82) is 0 Å². The van der Waals surface area contributed by atoms with E-state index in [-0.39, 0.29) is 30.1 Å². The summed E-state index contributed by atoms with van der Waals surface area (Å²) in [5.74, 6) is -1.21. The Hall–Kier alpha value is -3.30. The Morgan fingerprint density at radius 2 is 1.66 bits per heavy atom. The summed E-state index contributed by atoms with van der Waals surface area (Å²) in [4.78, 5) is 43.4. The van der Waals surface area contributed by atoms with Crippen LogP contribution < -0.4 is 5.32 Å². The van der Waals surface area contributed by atoms with Crippen LogP contribution in [-0.4, -0.2) is 78.2 Å². The second-order valence-corrected chi connectivity index (χ2v) is 10.2. The third-order valence-electron chi connectivity index (χ3n) is 7.84. The summed E-state index contributed by atoms with van der Waals surface area (Å²) in [5, 5.41) is 2.93. The predicted octanol–water partition coefficient (Wildman–Crippen LogP) is 3.16. The van der Waals surface area contributed by atoms with E-state index in [1.807, 2.05) is 24.3 Å². The fraction of sp³-hybridized carbons (Fsp3) is 0.483. The Labute approximate surface area is 222 Å². The van der Waals surface area contributed by atoms with Crippen LogP contribution in [0.3, 0.4) is 0 Å². The van der Waals surface area contributed by atoms with E-state index < -0.39 is 23.5 Å². The van der Waals surface area contributed by atoms with Gasteiger partial charge in [-0.3, -0.25) is 19.3 Å². The molecule has 2 atom stereocenters. The first kappa shape index (κ1) is 26.3. The summed E-state index contributed by atoms with van der Waals surface area (Å²) < 4.78 is 25.4. The van der Waals surface area contributed by atoms with E-state index in [4.69, 9.17) is 9.47 Å². The van der Waals surface area contributed by atoms with Gasteiger partial charge in [-0.05, 0) is 61.2 Å². The highest BCUT2D eigenvalue weighted by molar-refractivity contribution is 5.98. The number of halogens is 1.